The van der Waals surface area contributed by atoms with Gasteiger partial charge in [-0.05, 0) is 52.0 Å². The minimum Gasteiger partial charge on any atom is -0.478 e. The van der Waals surface area contributed by atoms with Crippen molar-refractivity contribution >= 4 is 5.97 Å². The van der Waals surface area contributed by atoms with Crippen LogP contribution in [-0.4, -0.2) is 51.5 Å². The average Bonchev–Trinajstić information content (AvgIpc) is 3.04. The van der Waals surface area contributed by atoms with Crippen LogP contribution in [0.25, 0.3) is 0 Å². The van der Waals surface area contributed by atoms with E-state index >= 15 is 0 Å². The second kappa shape index (κ2) is 7.93. The second-order valence-electron chi connectivity index (χ2n) is 7.16. The summed E-state index contributed by atoms with van der Waals surface area (Å²) in [7, 11) is 4.08. The van der Waals surface area contributed by atoms with Crippen LogP contribution in [0.4, 0.5) is 0 Å². The fourth-order valence-corrected chi connectivity index (χ4v) is 3.67. The first-order chi connectivity index (χ1) is 12.5. The van der Waals surface area contributed by atoms with Gasteiger partial charge in [-0.15, -0.1) is 0 Å². The number of rotatable bonds is 6. The van der Waals surface area contributed by atoms with Crippen LogP contribution in [0.2, 0.25) is 0 Å². The molecule has 1 aromatic heterocycles. The minimum absolute atomic E-state index is 0.202. The minimum atomic E-state index is -0.873. The Balaban J connectivity index is 1.90. The maximum atomic E-state index is 11.5. The zero-order chi connectivity index (χ0) is 18.7. The van der Waals surface area contributed by atoms with Gasteiger partial charge in [0.15, 0.2) is 0 Å². The number of hydrogen-bond acceptors (Lipinski definition) is 5. The number of aryl methyl sites for hydroxylation is 1. The normalized spacial score (nSPS) is 17.8. The first-order valence-corrected chi connectivity index (χ1v) is 8.98. The molecule has 138 valence electrons. The van der Waals surface area contributed by atoms with Crippen LogP contribution in [0.1, 0.15) is 51.9 Å². The summed E-state index contributed by atoms with van der Waals surface area (Å²) in [4.78, 5) is 25.1. The fourth-order valence-electron chi connectivity index (χ4n) is 3.67. The molecule has 2 heterocycles. The van der Waals surface area contributed by atoms with Gasteiger partial charge in [0, 0.05) is 24.8 Å². The van der Waals surface area contributed by atoms with Crippen molar-refractivity contribution in [3.8, 4) is 0 Å². The molecule has 26 heavy (non-hydrogen) atoms. The molecule has 0 amide bonds. The zero-order valence-corrected chi connectivity index (χ0v) is 15.6. The maximum Gasteiger partial charge on any atom is 0.336 e. The van der Waals surface area contributed by atoms with Crippen molar-refractivity contribution in [2.24, 2.45) is 0 Å². The van der Waals surface area contributed by atoms with Gasteiger partial charge >= 0.3 is 5.97 Å². The average molecular weight is 354 g/mol. The van der Waals surface area contributed by atoms with Crippen LogP contribution < -0.4 is 0 Å². The van der Waals surface area contributed by atoms with E-state index in [0.717, 1.165) is 48.6 Å². The molecule has 0 saturated carbocycles. The largest absolute Gasteiger partial charge is 0.478 e. The third kappa shape index (κ3) is 4.08. The highest BCUT2D eigenvalue weighted by molar-refractivity contribution is 5.89. The van der Waals surface area contributed by atoms with Crippen LogP contribution in [0.5, 0.6) is 0 Å². The molecule has 3 rings (SSSR count). The van der Waals surface area contributed by atoms with Gasteiger partial charge in [0.2, 0.25) is 0 Å². The Morgan fingerprint density at radius 2 is 2.08 bits per heavy atom. The van der Waals surface area contributed by atoms with Crippen LogP contribution in [0, 0.1) is 6.92 Å². The standard InChI is InChI=1S/C20H26N4O2/c1-14-21-11-16(12-23(2)3)19(22-14)18-9-6-10-24(18)13-15-7-4-5-8-17(15)20(25)26/h4-5,7-8,11,18H,6,9-10,12-13H2,1-3H3,(H,25,26)/t18-/m1/s1. The molecule has 1 saturated heterocycles. The summed E-state index contributed by atoms with van der Waals surface area (Å²) in [6, 6.07) is 7.46. The highest BCUT2D eigenvalue weighted by Crippen LogP contribution is 2.34. The number of aromatic carboxylic acids is 1. The summed E-state index contributed by atoms with van der Waals surface area (Å²) in [5, 5.41) is 9.46. The Morgan fingerprint density at radius 1 is 1.31 bits per heavy atom. The summed E-state index contributed by atoms with van der Waals surface area (Å²) in [6.45, 7) is 4.29. The lowest BCUT2D eigenvalue weighted by Gasteiger charge is -2.27. The first-order valence-electron chi connectivity index (χ1n) is 8.98. The van der Waals surface area contributed by atoms with Gasteiger partial charge in [-0.1, -0.05) is 18.2 Å². The van der Waals surface area contributed by atoms with Crippen molar-refractivity contribution in [3.63, 3.8) is 0 Å². The predicted molar refractivity (Wildman–Crippen MR) is 99.9 cm³/mol. The number of nitrogens with zero attached hydrogens (tertiary/aromatic N) is 4. The molecule has 6 nitrogen and oxygen atoms in total. The lowest BCUT2D eigenvalue weighted by atomic mass is 10.0. The smallest absolute Gasteiger partial charge is 0.336 e. The van der Waals surface area contributed by atoms with E-state index in [-0.39, 0.29) is 6.04 Å². The van der Waals surface area contributed by atoms with Crippen molar-refractivity contribution < 1.29 is 9.90 Å². The third-order valence-corrected chi connectivity index (χ3v) is 4.81. The summed E-state index contributed by atoms with van der Waals surface area (Å²) >= 11 is 0. The number of aromatic nitrogens is 2. The van der Waals surface area contributed by atoms with Gasteiger partial charge in [-0.3, -0.25) is 4.90 Å². The van der Waals surface area contributed by atoms with E-state index in [1.165, 1.54) is 0 Å². The maximum absolute atomic E-state index is 11.5. The molecule has 1 aliphatic heterocycles. The number of carbonyl (C=O) groups is 1. The van der Waals surface area contributed by atoms with E-state index in [2.05, 4.69) is 14.8 Å². The van der Waals surface area contributed by atoms with Crippen LogP contribution in [-0.2, 0) is 13.1 Å². The molecule has 0 spiro atoms. The van der Waals surface area contributed by atoms with E-state index in [1.807, 2.05) is 39.3 Å². The predicted octanol–water partition coefficient (Wildman–Crippen LogP) is 2.88. The Labute approximate surface area is 154 Å². The summed E-state index contributed by atoms with van der Waals surface area (Å²) in [6.07, 6.45) is 4.05. The number of benzene rings is 1. The highest BCUT2D eigenvalue weighted by Gasteiger charge is 2.30. The van der Waals surface area contributed by atoms with Gasteiger partial charge in [-0.25, -0.2) is 14.8 Å². The Kier molecular flexibility index (Phi) is 5.64. The molecule has 6 heteroatoms. The van der Waals surface area contributed by atoms with E-state index in [9.17, 15) is 9.90 Å². The van der Waals surface area contributed by atoms with Gasteiger partial charge in [-0.2, -0.15) is 0 Å². The Hall–Kier alpha value is -2.31. The van der Waals surface area contributed by atoms with Crippen molar-refractivity contribution in [1.29, 1.82) is 0 Å². The Bertz CT molecular complexity index is 791. The van der Waals surface area contributed by atoms with E-state index in [0.29, 0.717) is 12.1 Å². The molecular formula is C20H26N4O2. The van der Waals surface area contributed by atoms with E-state index in [4.69, 9.17) is 4.98 Å². The topological polar surface area (TPSA) is 69.6 Å². The van der Waals surface area contributed by atoms with Gasteiger partial charge in [0.05, 0.1) is 17.3 Å². The van der Waals surface area contributed by atoms with Crippen LogP contribution in [0.3, 0.4) is 0 Å². The molecule has 0 bridgehead atoms. The molecule has 1 fully saturated rings. The van der Waals surface area contributed by atoms with Crippen molar-refractivity contribution in [2.75, 3.05) is 20.6 Å². The number of hydrogen-bond donors (Lipinski definition) is 1. The first kappa shape index (κ1) is 18.5. The molecule has 1 aromatic carbocycles. The van der Waals surface area contributed by atoms with E-state index in [1.54, 1.807) is 12.1 Å². The SMILES string of the molecule is Cc1ncc(CN(C)C)c([C@H]2CCCN2Cc2ccccc2C(=O)O)n1. The Morgan fingerprint density at radius 3 is 2.81 bits per heavy atom. The molecule has 0 unspecified atom stereocenters. The van der Waals surface area contributed by atoms with Gasteiger partial charge in [0.1, 0.15) is 5.82 Å². The van der Waals surface area contributed by atoms with Gasteiger partial charge in [0.25, 0.3) is 0 Å². The fraction of sp³-hybridized carbons (Fsp3) is 0.450. The number of carboxylic acids is 1. The monoisotopic (exact) mass is 354 g/mol. The quantitative estimate of drug-likeness (QED) is 0.860. The van der Waals surface area contributed by atoms with Crippen molar-refractivity contribution in [2.45, 2.75) is 38.9 Å². The molecular weight excluding hydrogens is 328 g/mol. The second-order valence-corrected chi connectivity index (χ2v) is 7.16. The van der Waals surface area contributed by atoms with Crippen molar-refractivity contribution in [1.82, 2.24) is 19.8 Å². The number of likely N-dealkylation sites (tertiary alicyclic amines) is 1. The molecule has 0 radical (unpaired) electrons. The van der Waals surface area contributed by atoms with Crippen LogP contribution in [0.15, 0.2) is 30.5 Å². The van der Waals surface area contributed by atoms with Crippen molar-refractivity contribution in [3.05, 3.63) is 58.7 Å². The summed E-state index contributed by atoms with van der Waals surface area (Å²) in [5.74, 6) is -0.0946. The molecule has 0 aliphatic carbocycles. The number of carboxylic acid groups (broad SMARTS) is 1. The molecule has 1 aliphatic rings. The highest BCUT2D eigenvalue weighted by atomic mass is 16.4. The zero-order valence-electron chi connectivity index (χ0n) is 15.6. The summed E-state index contributed by atoms with van der Waals surface area (Å²) in [5.41, 5.74) is 3.46. The molecule has 2 aromatic rings. The van der Waals surface area contributed by atoms with Crippen LogP contribution >= 0.6 is 0 Å². The lowest BCUT2D eigenvalue weighted by Crippen LogP contribution is -2.26. The third-order valence-electron chi connectivity index (χ3n) is 4.81. The molecule has 1 N–H and O–H groups in total. The van der Waals surface area contributed by atoms with E-state index < -0.39 is 5.97 Å². The van der Waals surface area contributed by atoms with Gasteiger partial charge < -0.3 is 10.0 Å². The lowest BCUT2D eigenvalue weighted by molar-refractivity contribution is 0.0694. The summed E-state index contributed by atoms with van der Waals surface area (Å²) < 4.78 is 0. The molecule has 1 atom stereocenters.